The lowest BCUT2D eigenvalue weighted by Gasteiger charge is -2.43. The van der Waals surface area contributed by atoms with Crippen LogP contribution in [0, 0.1) is 0 Å². The van der Waals surface area contributed by atoms with E-state index >= 15 is 0 Å². The minimum Gasteiger partial charge on any atom is -0.497 e. The van der Waals surface area contributed by atoms with Crippen LogP contribution < -0.4 is 4.74 Å². The SMILES string of the molecule is CCC(=O)OCCOC(=O)CON=C(c1ccc(OC)cc1)C1(N(C)C)CCCCC1. The fraction of sp³-hybridized carbons (Fsp3) is 0.609. The molecule has 0 atom stereocenters. The van der Waals surface area contributed by atoms with Crippen LogP contribution in [0.5, 0.6) is 5.75 Å². The molecule has 1 aromatic rings. The van der Waals surface area contributed by atoms with Crippen molar-refractivity contribution < 1.29 is 28.6 Å². The molecule has 0 spiro atoms. The molecule has 0 unspecified atom stereocenters. The highest BCUT2D eigenvalue weighted by Crippen LogP contribution is 2.36. The lowest BCUT2D eigenvalue weighted by atomic mass is 9.75. The predicted molar refractivity (Wildman–Crippen MR) is 117 cm³/mol. The standard InChI is InChI=1S/C23H34N2O6/c1-5-20(26)29-15-16-30-21(27)17-31-24-22(18-9-11-19(28-4)12-10-18)23(25(2)3)13-7-6-8-14-23/h9-12H,5-8,13-17H2,1-4H3. The number of hydrogen-bond acceptors (Lipinski definition) is 8. The van der Waals surface area contributed by atoms with Crippen molar-refractivity contribution in [2.45, 2.75) is 51.0 Å². The zero-order valence-electron chi connectivity index (χ0n) is 19.0. The van der Waals surface area contributed by atoms with Crippen molar-refractivity contribution in [3.8, 4) is 5.75 Å². The second-order valence-corrected chi connectivity index (χ2v) is 7.72. The van der Waals surface area contributed by atoms with Gasteiger partial charge in [-0.3, -0.25) is 9.69 Å². The Labute approximate surface area is 184 Å². The second kappa shape index (κ2) is 12.3. The Morgan fingerprint density at radius 3 is 2.16 bits per heavy atom. The molecule has 0 aromatic heterocycles. The first-order valence-electron chi connectivity index (χ1n) is 10.8. The molecule has 0 bridgehead atoms. The monoisotopic (exact) mass is 434 g/mol. The van der Waals surface area contributed by atoms with Gasteiger partial charge in [0.2, 0.25) is 6.61 Å². The molecular formula is C23H34N2O6. The Morgan fingerprint density at radius 2 is 1.61 bits per heavy atom. The van der Waals surface area contributed by atoms with E-state index in [-0.39, 0.29) is 37.7 Å². The van der Waals surface area contributed by atoms with E-state index in [1.807, 2.05) is 24.3 Å². The minimum absolute atomic E-state index is 0.00931. The Hall–Kier alpha value is -2.61. The summed E-state index contributed by atoms with van der Waals surface area (Å²) in [6.45, 7) is 1.41. The summed E-state index contributed by atoms with van der Waals surface area (Å²) in [5.74, 6) is -0.130. The second-order valence-electron chi connectivity index (χ2n) is 7.72. The maximum atomic E-state index is 12.0. The highest BCUT2D eigenvalue weighted by Gasteiger charge is 2.40. The van der Waals surface area contributed by atoms with Gasteiger partial charge >= 0.3 is 11.9 Å². The van der Waals surface area contributed by atoms with Gasteiger partial charge in [-0.25, -0.2) is 4.79 Å². The van der Waals surface area contributed by atoms with Crippen LogP contribution in [0.4, 0.5) is 0 Å². The maximum Gasteiger partial charge on any atom is 0.347 e. The van der Waals surface area contributed by atoms with Gasteiger partial charge in [0.05, 0.1) is 12.6 Å². The summed E-state index contributed by atoms with van der Waals surface area (Å²) < 4.78 is 15.2. The number of carbonyl (C=O) groups is 2. The lowest BCUT2D eigenvalue weighted by Crippen LogP contribution is -2.52. The molecule has 1 aliphatic rings. The molecule has 31 heavy (non-hydrogen) atoms. The molecule has 0 heterocycles. The minimum atomic E-state index is -0.562. The number of oxime groups is 1. The topological polar surface area (TPSA) is 86.7 Å². The first-order valence-corrected chi connectivity index (χ1v) is 10.8. The summed E-state index contributed by atoms with van der Waals surface area (Å²) in [7, 11) is 5.73. The highest BCUT2D eigenvalue weighted by atomic mass is 16.7. The smallest absolute Gasteiger partial charge is 0.347 e. The third-order valence-electron chi connectivity index (χ3n) is 5.58. The maximum absolute atomic E-state index is 12.0. The Bertz CT molecular complexity index is 739. The average Bonchev–Trinajstić information content (AvgIpc) is 2.80. The Morgan fingerprint density at radius 1 is 1.00 bits per heavy atom. The van der Waals surface area contributed by atoms with E-state index in [0.717, 1.165) is 42.7 Å². The highest BCUT2D eigenvalue weighted by molar-refractivity contribution is 6.07. The van der Waals surface area contributed by atoms with Crippen LogP contribution in [0.1, 0.15) is 51.0 Å². The van der Waals surface area contributed by atoms with Crippen LogP contribution in [-0.2, 0) is 23.9 Å². The summed E-state index contributed by atoms with van der Waals surface area (Å²) in [5.41, 5.74) is 1.45. The fourth-order valence-corrected chi connectivity index (χ4v) is 3.79. The number of hydrogen-bond donors (Lipinski definition) is 0. The van der Waals surface area contributed by atoms with Crippen LogP contribution in [-0.4, -0.2) is 69.1 Å². The number of rotatable bonds is 11. The Balaban J connectivity index is 2.10. The van der Waals surface area contributed by atoms with Gasteiger partial charge in [-0.1, -0.05) is 31.3 Å². The molecule has 1 aromatic carbocycles. The molecule has 1 saturated carbocycles. The Kier molecular flexibility index (Phi) is 9.78. The third-order valence-corrected chi connectivity index (χ3v) is 5.58. The van der Waals surface area contributed by atoms with Crippen LogP contribution >= 0.6 is 0 Å². The molecule has 1 fully saturated rings. The van der Waals surface area contributed by atoms with Crippen molar-refractivity contribution in [1.82, 2.24) is 4.90 Å². The number of esters is 2. The molecule has 0 N–H and O–H groups in total. The molecule has 2 rings (SSSR count). The van der Waals surface area contributed by atoms with Gasteiger partial charge in [-0.15, -0.1) is 0 Å². The summed E-state index contributed by atoms with van der Waals surface area (Å²) >= 11 is 0. The van der Waals surface area contributed by atoms with Crippen molar-refractivity contribution in [3.05, 3.63) is 29.8 Å². The molecular weight excluding hydrogens is 400 g/mol. The molecule has 1 aliphatic carbocycles. The summed E-state index contributed by atoms with van der Waals surface area (Å²) in [6, 6.07) is 7.70. The van der Waals surface area contributed by atoms with Gasteiger partial charge in [0, 0.05) is 12.0 Å². The van der Waals surface area contributed by atoms with Crippen LogP contribution in [0.25, 0.3) is 0 Å². The van der Waals surface area contributed by atoms with Crippen molar-refractivity contribution in [2.75, 3.05) is 41.0 Å². The number of carbonyl (C=O) groups excluding carboxylic acids is 2. The van der Waals surface area contributed by atoms with E-state index in [4.69, 9.17) is 19.0 Å². The zero-order valence-corrected chi connectivity index (χ0v) is 19.0. The molecule has 0 radical (unpaired) electrons. The first-order chi connectivity index (χ1) is 14.9. The van der Waals surface area contributed by atoms with E-state index in [1.165, 1.54) is 6.42 Å². The number of methoxy groups -OCH3 is 1. The van der Waals surface area contributed by atoms with Gasteiger partial charge in [0.1, 0.15) is 24.7 Å². The average molecular weight is 435 g/mol. The van der Waals surface area contributed by atoms with Crippen LogP contribution in [0.3, 0.4) is 0 Å². The van der Waals surface area contributed by atoms with Gasteiger partial charge in [-0.05, 0) is 51.2 Å². The molecule has 0 aliphatic heterocycles. The number of ether oxygens (including phenoxy) is 3. The number of benzene rings is 1. The molecule has 8 nitrogen and oxygen atoms in total. The van der Waals surface area contributed by atoms with E-state index in [1.54, 1.807) is 14.0 Å². The van der Waals surface area contributed by atoms with E-state index in [0.29, 0.717) is 0 Å². The van der Waals surface area contributed by atoms with Crippen LogP contribution in [0.2, 0.25) is 0 Å². The van der Waals surface area contributed by atoms with Crippen molar-refractivity contribution >= 4 is 17.7 Å². The fourth-order valence-electron chi connectivity index (χ4n) is 3.79. The number of likely N-dealkylation sites (N-methyl/N-ethyl adjacent to an activating group) is 1. The summed E-state index contributed by atoms with van der Waals surface area (Å²) in [6.07, 6.45) is 5.61. The lowest BCUT2D eigenvalue weighted by molar-refractivity contribution is -0.155. The van der Waals surface area contributed by atoms with E-state index in [2.05, 4.69) is 24.2 Å². The summed E-state index contributed by atoms with van der Waals surface area (Å²) in [5, 5.41) is 4.42. The van der Waals surface area contributed by atoms with E-state index in [9.17, 15) is 9.59 Å². The normalized spacial score (nSPS) is 16.0. The third kappa shape index (κ3) is 6.95. The van der Waals surface area contributed by atoms with Gasteiger partial charge in [0.15, 0.2) is 0 Å². The van der Waals surface area contributed by atoms with Crippen molar-refractivity contribution in [2.24, 2.45) is 5.16 Å². The molecule has 8 heteroatoms. The zero-order chi connectivity index (χ0) is 22.7. The largest absolute Gasteiger partial charge is 0.497 e. The van der Waals surface area contributed by atoms with Gasteiger partial charge in [-0.2, -0.15) is 0 Å². The van der Waals surface area contributed by atoms with Gasteiger partial charge in [0.25, 0.3) is 0 Å². The number of nitrogens with zero attached hydrogens (tertiary/aromatic N) is 2. The predicted octanol–water partition coefficient (Wildman–Crippen LogP) is 3.18. The van der Waals surface area contributed by atoms with Crippen molar-refractivity contribution in [1.29, 1.82) is 0 Å². The van der Waals surface area contributed by atoms with Gasteiger partial charge < -0.3 is 19.0 Å². The molecule has 0 saturated heterocycles. The van der Waals surface area contributed by atoms with Crippen LogP contribution in [0.15, 0.2) is 29.4 Å². The quantitative estimate of drug-likeness (QED) is 0.229. The van der Waals surface area contributed by atoms with Crippen molar-refractivity contribution in [3.63, 3.8) is 0 Å². The molecule has 0 amide bonds. The summed E-state index contributed by atoms with van der Waals surface area (Å²) in [4.78, 5) is 30.7. The molecule has 172 valence electrons. The first kappa shape index (κ1) is 24.7. The van der Waals surface area contributed by atoms with E-state index < -0.39 is 5.97 Å².